The first-order valence-electron chi connectivity index (χ1n) is 4.74. The number of ether oxygens (including phenoxy) is 2. The number of carbonyl (C=O) groups excluding carboxylic acids is 1. The normalized spacial score (nSPS) is 22.1. The minimum Gasteiger partial charge on any atom is -0.456 e. The minimum atomic E-state index is -1.06. The van der Waals surface area contributed by atoms with E-state index in [1.54, 1.807) is 18.2 Å². The number of hydrogen-bond donors (Lipinski definition) is 0. The zero-order valence-electron chi connectivity index (χ0n) is 8.79. The number of halogens is 2. The highest BCUT2D eigenvalue weighted by molar-refractivity contribution is 6.64. The molecule has 1 aliphatic rings. The molecule has 1 aliphatic heterocycles. The third-order valence-corrected chi connectivity index (χ3v) is 2.82. The van der Waals surface area contributed by atoms with Crippen molar-refractivity contribution in [2.45, 2.75) is 25.7 Å². The van der Waals surface area contributed by atoms with Crippen LogP contribution in [0, 0.1) is 0 Å². The van der Waals surface area contributed by atoms with Gasteiger partial charge in [0.1, 0.15) is 5.75 Å². The summed E-state index contributed by atoms with van der Waals surface area (Å²) in [5.41, 5.74) is 0.141. The molecule has 0 radical (unpaired) electrons. The number of rotatable bonds is 1. The van der Waals surface area contributed by atoms with Crippen molar-refractivity contribution < 1.29 is 14.3 Å². The van der Waals surface area contributed by atoms with Crippen molar-refractivity contribution in [2.24, 2.45) is 0 Å². The van der Waals surface area contributed by atoms with Crippen LogP contribution in [-0.2, 0) is 15.1 Å². The molecular weight excluding hydrogens is 251 g/mol. The summed E-state index contributed by atoms with van der Waals surface area (Å²) >= 11 is 11.3. The van der Waals surface area contributed by atoms with E-state index in [4.69, 9.17) is 32.7 Å². The fraction of sp³-hybridized carbons (Fsp3) is 0.364. The van der Waals surface area contributed by atoms with E-state index in [-0.39, 0.29) is 0 Å². The molecule has 0 amide bonds. The lowest BCUT2D eigenvalue weighted by atomic mass is 9.96. The zero-order valence-corrected chi connectivity index (χ0v) is 10.3. The molecule has 1 heterocycles. The number of carbonyl (C=O) groups is 1. The molecule has 86 valence electrons. The van der Waals surface area contributed by atoms with Gasteiger partial charge in [-0.05, 0) is 43.6 Å². The van der Waals surface area contributed by atoms with Crippen LogP contribution in [-0.4, -0.2) is 11.5 Å². The van der Waals surface area contributed by atoms with Gasteiger partial charge in [-0.2, -0.15) is 0 Å². The van der Waals surface area contributed by atoms with Gasteiger partial charge < -0.3 is 9.47 Å². The van der Waals surface area contributed by atoms with Crippen LogP contribution in [0.25, 0.3) is 0 Å². The molecule has 1 atom stereocenters. The van der Waals surface area contributed by atoms with Gasteiger partial charge in [0.05, 0.1) is 5.60 Å². The monoisotopic (exact) mass is 260 g/mol. The van der Waals surface area contributed by atoms with Gasteiger partial charge in [0.15, 0.2) is 0 Å². The summed E-state index contributed by atoms with van der Waals surface area (Å²) in [5, 5.41) is -0.0802. The number of hydrogen-bond acceptors (Lipinski definition) is 3. The standard InChI is InChI=1S/C11H10Cl2O3/c1-11(2)7-5-6(12)3-4-8(7)15-10(16-11)9(13)14/h3-5,10H,1-2H3. The van der Waals surface area contributed by atoms with Gasteiger partial charge in [0.2, 0.25) is 0 Å². The topological polar surface area (TPSA) is 35.5 Å². The molecule has 0 spiro atoms. The lowest BCUT2D eigenvalue weighted by Crippen LogP contribution is -2.40. The van der Waals surface area contributed by atoms with Crippen molar-refractivity contribution in [2.75, 3.05) is 0 Å². The number of fused-ring (bicyclic) bond motifs is 1. The maximum atomic E-state index is 11.1. The van der Waals surface area contributed by atoms with Crippen molar-refractivity contribution in [1.82, 2.24) is 0 Å². The third-order valence-electron chi connectivity index (χ3n) is 2.41. The van der Waals surface area contributed by atoms with Crippen LogP contribution in [0.3, 0.4) is 0 Å². The summed E-state index contributed by atoms with van der Waals surface area (Å²) in [6, 6.07) is 5.15. The molecule has 0 bridgehead atoms. The SMILES string of the molecule is CC1(C)OC(C(=O)Cl)Oc2ccc(Cl)cc21. The van der Waals surface area contributed by atoms with Crippen molar-refractivity contribution >= 4 is 28.4 Å². The van der Waals surface area contributed by atoms with Crippen molar-refractivity contribution in [1.29, 1.82) is 0 Å². The summed E-state index contributed by atoms with van der Waals surface area (Å²) < 4.78 is 10.8. The molecule has 1 aromatic carbocycles. The van der Waals surface area contributed by atoms with E-state index in [1.165, 1.54) is 0 Å². The van der Waals surface area contributed by atoms with Gasteiger partial charge >= 0.3 is 0 Å². The van der Waals surface area contributed by atoms with E-state index in [9.17, 15) is 4.79 Å². The van der Waals surface area contributed by atoms with Crippen LogP contribution in [0.2, 0.25) is 5.02 Å². The Kier molecular flexibility index (Phi) is 2.86. The first-order valence-corrected chi connectivity index (χ1v) is 5.49. The average molecular weight is 261 g/mol. The molecule has 5 heteroatoms. The van der Waals surface area contributed by atoms with E-state index in [1.807, 2.05) is 13.8 Å². The lowest BCUT2D eigenvalue weighted by Gasteiger charge is -2.36. The molecule has 0 saturated carbocycles. The fourth-order valence-electron chi connectivity index (χ4n) is 1.64. The molecular formula is C11H10Cl2O3. The summed E-state index contributed by atoms with van der Waals surface area (Å²) in [6.45, 7) is 3.66. The van der Waals surface area contributed by atoms with Crippen LogP contribution >= 0.6 is 23.2 Å². The van der Waals surface area contributed by atoms with E-state index in [0.717, 1.165) is 5.56 Å². The Labute approximate surface area is 103 Å². The summed E-state index contributed by atoms with van der Waals surface area (Å²) in [7, 11) is 0. The third kappa shape index (κ3) is 2.03. The molecule has 0 saturated heterocycles. The summed E-state index contributed by atoms with van der Waals surface area (Å²) in [6.07, 6.45) is -1.06. The molecule has 0 aliphatic carbocycles. The molecule has 0 N–H and O–H groups in total. The van der Waals surface area contributed by atoms with Crippen molar-refractivity contribution in [3.8, 4) is 5.75 Å². The predicted molar refractivity (Wildman–Crippen MR) is 60.8 cm³/mol. The fourth-order valence-corrected chi connectivity index (χ4v) is 1.90. The van der Waals surface area contributed by atoms with E-state index in [0.29, 0.717) is 10.8 Å². The molecule has 1 unspecified atom stereocenters. The second-order valence-electron chi connectivity index (χ2n) is 4.02. The predicted octanol–water partition coefficient (Wildman–Crippen LogP) is 3.08. The molecule has 16 heavy (non-hydrogen) atoms. The number of benzene rings is 1. The maximum absolute atomic E-state index is 11.1. The highest BCUT2D eigenvalue weighted by atomic mass is 35.5. The van der Waals surface area contributed by atoms with Crippen molar-refractivity contribution in [3.63, 3.8) is 0 Å². The van der Waals surface area contributed by atoms with E-state index < -0.39 is 17.1 Å². The van der Waals surface area contributed by atoms with E-state index >= 15 is 0 Å². The summed E-state index contributed by atoms with van der Waals surface area (Å²) in [5.74, 6) is 0.569. The first kappa shape index (κ1) is 11.7. The molecule has 0 aromatic heterocycles. The van der Waals surface area contributed by atoms with Gasteiger partial charge in [-0.3, -0.25) is 4.79 Å². The zero-order chi connectivity index (χ0) is 11.9. The van der Waals surface area contributed by atoms with Gasteiger partial charge in [0.25, 0.3) is 11.5 Å². The van der Waals surface area contributed by atoms with Crippen LogP contribution < -0.4 is 4.74 Å². The molecule has 0 fully saturated rings. The first-order chi connectivity index (χ1) is 7.40. The smallest absolute Gasteiger partial charge is 0.290 e. The lowest BCUT2D eigenvalue weighted by molar-refractivity contribution is -0.183. The summed E-state index contributed by atoms with van der Waals surface area (Å²) in [4.78, 5) is 11.1. The average Bonchev–Trinajstić information content (AvgIpc) is 2.18. The highest BCUT2D eigenvalue weighted by Gasteiger charge is 2.38. The molecule has 1 aromatic rings. The maximum Gasteiger partial charge on any atom is 0.290 e. The Morgan fingerprint density at radius 3 is 2.75 bits per heavy atom. The highest BCUT2D eigenvalue weighted by Crippen LogP contribution is 2.40. The van der Waals surface area contributed by atoms with Crippen LogP contribution in [0.1, 0.15) is 19.4 Å². The van der Waals surface area contributed by atoms with Gasteiger partial charge in [-0.25, -0.2) is 0 Å². The molecule has 3 nitrogen and oxygen atoms in total. The quantitative estimate of drug-likeness (QED) is 0.729. The Balaban J connectivity index is 2.47. The second-order valence-corrected chi connectivity index (χ2v) is 4.83. The van der Waals surface area contributed by atoms with Crippen LogP contribution in [0.4, 0.5) is 0 Å². The Morgan fingerprint density at radius 1 is 1.44 bits per heavy atom. The van der Waals surface area contributed by atoms with Crippen molar-refractivity contribution in [3.05, 3.63) is 28.8 Å². The Morgan fingerprint density at radius 2 is 2.12 bits per heavy atom. The van der Waals surface area contributed by atoms with Crippen LogP contribution in [0.5, 0.6) is 5.75 Å². The van der Waals surface area contributed by atoms with Gasteiger partial charge in [-0.1, -0.05) is 11.6 Å². The van der Waals surface area contributed by atoms with Crippen LogP contribution in [0.15, 0.2) is 18.2 Å². The van der Waals surface area contributed by atoms with E-state index in [2.05, 4.69) is 0 Å². The largest absolute Gasteiger partial charge is 0.456 e. The second kappa shape index (κ2) is 3.91. The molecule has 2 rings (SSSR count). The minimum absolute atomic E-state index is 0.569. The Hall–Kier alpha value is -0.770. The van der Waals surface area contributed by atoms with Gasteiger partial charge in [0, 0.05) is 10.6 Å². The van der Waals surface area contributed by atoms with Gasteiger partial charge in [-0.15, -0.1) is 0 Å². The Bertz CT molecular complexity index is 443.